The van der Waals surface area contributed by atoms with E-state index < -0.39 is 0 Å². The number of rotatable bonds is 5. The van der Waals surface area contributed by atoms with E-state index in [1.807, 2.05) is 0 Å². The summed E-state index contributed by atoms with van der Waals surface area (Å²) in [6.45, 7) is 4.88. The molecule has 3 rings (SSSR count). The second kappa shape index (κ2) is 6.64. The normalized spacial score (nSPS) is 27.0. The molecule has 1 saturated heterocycles. The Morgan fingerprint density at radius 2 is 2.19 bits per heavy atom. The second-order valence-electron chi connectivity index (χ2n) is 6.43. The van der Waals surface area contributed by atoms with Crippen LogP contribution in [0.15, 0.2) is 18.2 Å². The van der Waals surface area contributed by atoms with Crippen molar-refractivity contribution in [2.75, 3.05) is 13.1 Å². The smallest absolute Gasteiger partial charge is 0.129 e. The van der Waals surface area contributed by atoms with E-state index in [1.165, 1.54) is 31.7 Å². The maximum absolute atomic E-state index is 14.1. The standard InChI is InChI=1S/C17H24ClFN2/c1-2-4-13-10-21(17(9-20-13)12-7-8-12)11-14-15(18)5-3-6-16(14)19/h3,5-6,12-13,17,20H,2,4,7-11H2,1H3. The van der Waals surface area contributed by atoms with Gasteiger partial charge in [-0.1, -0.05) is 31.0 Å². The average Bonchev–Trinajstić information content (AvgIpc) is 3.28. The lowest BCUT2D eigenvalue weighted by Crippen LogP contribution is -2.56. The van der Waals surface area contributed by atoms with E-state index in [0.717, 1.165) is 19.0 Å². The highest BCUT2D eigenvalue weighted by Crippen LogP contribution is 2.37. The number of benzene rings is 1. The first kappa shape index (κ1) is 15.3. The lowest BCUT2D eigenvalue weighted by molar-refractivity contribution is 0.103. The summed E-state index contributed by atoms with van der Waals surface area (Å²) in [5.74, 6) is 0.605. The van der Waals surface area contributed by atoms with Gasteiger partial charge in [-0.25, -0.2) is 4.39 Å². The molecule has 2 nitrogen and oxygen atoms in total. The van der Waals surface area contributed by atoms with E-state index >= 15 is 0 Å². The highest BCUT2D eigenvalue weighted by atomic mass is 35.5. The van der Waals surface area contributed by atoms with Crippen molar-refractivity contribution in [2.45, 2.75) is 51.2 Å². The first-order chi connectivity index (χ1) is 10.2. The maximum atomic E-state index is 14.1. The summed E-state index contributed by atoms with van der Waals surface area (Å²) >= 11 is 6.21. The quantitative estimate of drug-likeness (QED) is 0.889. The van der Waals surface area contributed by atoms with Gasteiger partial charge in [0.15, 0.2) is 0 Å². The van der Waals surface area contributed by atoms with Crippen LogP contribution in [0.3, 0.4) is 0 Å². The molecule has 1 saturated carbocycles. The molecule has 0 radical (unpaired) electrons. The molecule has 0 aromatic heterocycles. The lowest BCUT2D eigenvalue weighted by atomic mass is 10.0. The minimum Gasteiger partial charge on any atom is -0.311 e. The van der Waals surface area contributed by atoms with E-state index in [1.54, 1.807) is 12.1 Å². The fraction of sp³-hybridized carbons (Fsp3) is 0.647. The van der Waals surface area contributed by atoms with Crippen LogP contribution in [0.1, 0.15) is 38.2 Å². The predicted molar refractivity (Wildman–Crippen MR) is 85.0 cm³/mol. The van der Waals surface area contributed by atoms with Crippen LogP contribution in [-0.2, 0) is 6.54 Å². The van der Waals surface area contributed by atoms with Crippen molar-refractivity contribution >= 4 is 11.6 Å². The minimum atomic E-state index is -0.178. The molecule has 116 valence electrons. The number of halogens is 2. The molecule has 1 aromatic rings. The van der Waals surface area contributed by atoms with E-state index in [2.05, 4.69) is 17.1 Å². The van der Waals surface area contributed by atoms with Crippen molar-refractivity contribution < 1.29 is 4.39 Å². The van der Waals surface area contributed by atoms with Gasteiger partial charge in [-0.05, 0) is 37.3 Å². The third kappa shape index (κ3) is 3.58. The maximum Gasteiger partial charge on any atom is 0.129 e. The molecular formula is C17H24ClFN2. The Morgan fingerprint density at radius 1 is 1.38 bits per heavy atom. The molecule has 1 heterocycles. The molecule has 1 aliphatic heterocycles. The highest BCUT2D eigenvalue weighted by Gasteiger charge is 2.38. The van der Waals surface area contributed by atoms with Crippen LogP contribution in [0.2, 0.25) is 5.02 Å². The average molecular weight is 311 g/mol. The molecule has 4 heteroatoms. The molecule has 1 aromatic carbocycles. The lowest BCUT2D eigenvalue weighted by Gasteiger charge is -2.41. The predicted octanol–water partition coefficient (Wildman–Crippen LogP) is 3.83. The molecule has 0 bridgehead atoms. The molecule has 0 spiro atoms. The summed E-state index contributed by atoms with van der Waals surface area (Å²) < 4.78 is 14.1. The first-order valence-electron chi connectivity index (χ1n) is 8.09. The van der Waals surface area contributed by atoms with E-state index in [4.69, 9.17) is 11.6 Å². The van der Waals surface area contributed by atoms with Crippen molar-refractivity contribution in [3.05, 3.63) is 34.6 Å². The fourth-order valence-corrected chi connectivity index (χ4v) is 3.68. The van der Waals surface area contributed by atoms with Crippen molar-refractivity contribution in [1.29, 1.82) is 0 Å². The molecule has 1 N–H and O–H groups in total. The van der Waals surface area contributed by atoms with Crippen molar-refractivity contribution in [3.8, 4) is 0 Å². The van der Waals surface area contributed by atoms with Gasteiger partial charge >= 0.3 is 0 Å². The van der Waals surface area contributed by atoms with Crippen molar-refractivity contribution in [2.24, 2.45) is 5.92 Å². The Bertz CT molecular complexity index is 469. The zero-order valence-corrected chi connectivity index (χ0v) is 13.4. The topological polar surface area (TPSA) is 15.3 Å². The largest absolute Gasteiger partial charge is 0.311 e. The van der Waals surface area contributed by atoms with Gasteiger partial charge in [0.1, 0.15) is 5.82 Å². The van der Waals surface area contributed by atoms with Gasteiger partial charge in [-0.15, -0.1) is 0 Å². The van der Waals surface area contributed by atoms with Crippen LogP contribution in [0.4, 0.5) is 4.39 Å². The monoisotopic (exact) mass is 310 g/mol. The molecule has 1 aliphatic carbocycles. The summed E-state index contributed by atoms with van der Waals surface area (Å²) in [4.78, 5) is 2.46. The Morgan fingerprint density at radius 3 is 2.86 bits per heavy atom. The SMILES string of the molecule is CCCC1CN(Cc2c(F)cccc2Cl)C(C2CC2)CN1. The van der Waals surface area contributed by atoms with E-state index in [9.17, 15) is 4.39 Å². The van der Waals surface area contributed by atoms with Gasteiger partial charge in [0.2, 0.25) is 0 Å². The number of hydrogen-bond donors (Lipinski definition) is 1. The van der Waals surface area contributed by atoms with Crippen LogP contribution in [-0.4, -0.2) is 30.1 Å². The van der Waals surface area contributed by atoms with E-state index in [0.29, 0.717) is 29.2 Å². The van der Waals surface area contributed by atoms with Gasteiger partial charge in [0, 0.05) is 42.3 Å². The Labute approximate surface area is 131 Å². The number of nitrogens with zero attached hydrogens (tertiary/aromatic N) is 1. The highest BCUT2D eigenvalue weighted by molar-refractivity contribution is 6.31. The Hall–Kier alpha value is -0.640. The van der Waals surface area contributed by atoms with Crippen LogP contribution in [0.5, 0.6) is 0 Å². The Balaban J connectivity index is 1.75. The number of nitrogens with one attached hydrogen (secondary N) is 1. The van der Waals surface area contributed by atoms with Crippen molar-refractivity contribution in [3.63, 3.8) is 0 Å². The zero-order chi connectivity index (χ0) is 14.8. The molecule has 2 atom stereocenters. The summed E-state index contributed by atoms with van der Waals surface area (Å²) in [6, 6.07) is 6.04. The second-order valence-corrected chi connectivity index (χ2v) is 6.84. The summed E-state index contributed by atoms with van der Waals surface area (Å²) in [7, 11) is 0. The van der Waals surface area contributed by atoms with Gasteiger partial charge in [-0.3, -0.25) is 4.90 Å². The van der Waals surface area contributed by atoms with Crippen LogP contribution < -0.4 is 5.32 Å². The van der Waals surface area contributed by atoms with Gasteiger partial charge in [0.25, 0.3) is 0 Å². The van der Waals surface area contributed by atoms with Crippen LogP contribution in [0, 0.1) is 11.7 Å². The zero-order valence-electron chi connectivity index (χ0n) is 12.6. The molecule has 2 aliphatic rings. The molecule has 0 amide bonds. The number of piperazine rings is 1. The van der Waals surface area contributed by atoms with Crippen LogP contribution >= 0.6 is 11.6 Å². The minimum absolute atomic E-state index is 0.178. The molecule has 21 heavy (non-hydrogen) atoms. The van der Waals surface area contributed by atoms with Crippen molar-refractivity contribution in [1.82, 2.24) is 10.2 Å². The van der Waals surface area contributed by atoms with Gasteiger partial charge in [0.05, 0.1) is 0 Å². The number of hydrogen-bond acceptors (Lipinski definition) is 2. The molecular weight excluding hydrogens is 287 g/mol. The molecule has 2 unspecified atom stereocenters. The fourth-order valence-electron chi connectivity index (χ4n) is 3.46. The van der Waals surface area contributed by atoms with Gasteiger partial charge < -0.3 is 5.32 Å². The summed E-state index contributed by atoms with van der Waals surface area (Å²) in [5, 5.41) is 4.22. The summed E-state index contributed by atoms with van der Waals surface area (Å²) in [5.41, 5.74) is 0.655. The third-order valence-corrected chi connectivity index (χ3v) is 5.12. The third-order valence-electron chi connectivity index (χ3n) is 4.77. The van der Waals surface area contributed by atoms with Gasteiger partial charge in [-0.2, -0.15) is 0 Å². The van der Waals surface area contributed by atoms with E-state index in [-0.39, 0.29) is 5.82 Å². The first-order valence-corrected chi connectivity index (χ1v) is 8.47. The molecule has 2 fully saturated rings. The Kier molecular flexibility index (Phi) is 4.82. The van der Waals surface area contributed by atoms with Crippen LogP contribution in [0.25, 0.3) is 0 Å². The summed E-state index contributed by atoms with van der Waals surface area (Å²) in [6.07, 6.45) is 4.98.